The quantitative estimate of drug-likeness (QED) is 0.446. The van der Waals surface area contributed by atoms with Gasteiger partial charge < -0.3 is 4.90 Å². The molecular weight excluding hydrogens is 447 g/mol. The zero-order chi connectivity index (χ0) is 22.3. The normalized spacial score (nSPS) is 11.5. The number of carbonyl (C=O) groups is 1. The van der Waals surface area contributed by atoms with Gasteiger partial charge in [-0.1, -0.05) is 35.3 Å². The SMILES string of the molecule is CCN(CC)c1ccc(/C=N\NC(=O)CN(c2cc(Cl)ccc2Cl)S(C)(=O)=O)cc1. The molecule has 0 atom stereocenters. The molecule has 2 aromatic carbocycles. The number of nitrogens with zero attached hydrogens (tertiary/aromatic N) is 3. The van der Waals surface area contributed by atoms with Gasteiger partial charge in [0.15, 0.2) is 0 Å². The predicted molar refractivity (Wildman–Crippen MR) is 124 cm³/mol. The van der Waals surface area contributed by atoms with Crippen LogP contribution < -0.4 is 14.6 Å². The van der Waals surface area contributed by atoms with E-state index < -0.39 is 22.5 Å². The first-order valence-electron chi connectivity index (χ1n) is 9.25. The second kappa shape index (κ2) is 10.7. The lowest BCUT2D eigenvalue weighted by molar-refractivity contribution is -0.119. The summed E-state index contributed by atoms with van der Waals surface area (Å²) in [5.41, 5.74) is 4.35. The van der Waals surface area contributed by atoms with E-state index in [1.165, 1.54) is 24.4 Å². The van der Waals surface area contributed by atoms with Gasteiger partial charge in [0.05, 0.1) is 23.2 Å². The van der Waals surface area contributed by atoms with E-state index in [0.717, 1.165) is 34.9 Å². The molecule has 30 heavy (non-hydrogen) atoms. The van der Waals surface area contributed by atoms with Crippen LogP contribution in [0.5, 0.6) is 0 Å². The van der Waals surface area contributed by atoms with Crippen molar-refractivity contribution in [3.05, 3.63) is 58.1 Å². The predicted octanol–water partition coefficient (Wildman–Crippen LogP) is 3.76. The summed E-state index contributed by atoms with van der Waals surface area (Å²) in [6.45, 7) is 5.51. The summed E-state index contributed by atoms with van der Waals surface area (Å²) in [4.78, 5) is 14.5. The van der Waals surface area contributed by atoms with Crippen LogP contribution in [0, 0.1) is 0 Å². The van der Waals surface area contributed by atoms with Crippen molar-refractivity contribution in [1.29, 1.82) is 0 Å². The van der Waals surface area contributed by atoms with Gasteiger partial charge in [-0.15, -0.1) is 0 Å². The van der Waals surface area contributed by atoms with Crippen LogP contribution in [0.15, 0.2) is 47.6 Å². The van der Waals surface area contributed by atoms with Gasteiger partial charge in [-0.2, -0.15) is 5.10 Å². The maximum atomic E-state index is 12.3. The first kappa shape index (κ1) is 24.0. The molecule has 162 valence electrons. The molecule has 1 N–H and O–H groups in total. The molecule has 10 heteroatoms. The largest absolute Gasteiger partial charge is 0.372 e. The third kappa shape index (κ3) is 6.62. The van der Waals surface area contributed by atoms with Gasteiger partial charge in [0.1, 0.15) is 6.54 Å². The van der Waals surface area contributed by atoms with Gasteiger partial charge in [0.25, 0.3) is 5.91 Å². The van der Waals surface area contributed by atoms with Crippen molar-refractivity contribution >= 4 is 56.7 Å². The number of hydrogen-bond donors (Lipinski definition) is 1. The van der Waals surface area contributed by atoms with Crippen molar-refractivity contribution in [1.82, 2.24) is 5.43 Å². The Bertz CT molecular complexity index is 1010. The van der Waals surface area contributed by atoms with Crippen molar-refractivity contribution in [3.63, 3.8) is 0 Å². The Balaban J connectivity index is 2.06. The molecule has 0 aromatic heterocycles. The Morgan fingerprint density at radius 2 is 1.73 bits per heavy atom. The van der Waals surface area contributed by atoms with Crippen LogP contribution in [-0.4, -0.2) is 46.4 Å². The highest BCUT2D eigenvalue weighted by Crippen LogP contribution is 2.30. The fourth-order valence-corrected chi connectivity index (χ4v) is 4.06. The standard InChI is InChI=1S/C20H24Cl2N4O3S/c1-4-25(5-2)17-9-6-15(7-10-17)13-23-24-20(27)14-26(30(3,28)29)19-12-16(21)8-11-18(19)22/h6-13H,4-5,14H2,1-3H3,(H,24,27)/b23-13-. The van der Waals surface area contributed by atoms with E-state index in [2.05, 4.69) is 29.3 Å². The zero-order valence-electron chi connectivity index (χ0n) is 17.0. The summed E-state index contributed by atoms with van der Waals surface area (Å²) in [6.07, 6.45) is 2.47. The highest BCUT2D eigenvalue weighted by atomic mass is 35.5. The van der Waals surface area contributed by atoms with Gasteiger partial charge in [-0.05, 0) is 49.7 Å². The first-order valence-corrected chi connectivity index (χ1v) is 11.9. The molecule has 0 saturated carbocycles. The van der Waals surface area contributed by atoms with Crippen molar-refractivity contribution in [2.24, 2.45) is 5.10 Å². The Labute approximate surface area is 187 Å². The minimum Gasteiger partial charge on any atom is -0.372 e. The van der Waals surface area contributed by atoms with Crippen LogP contribution in [-0.2, 0) is 14.8 Å². The molecule has 2 aromatic rings. The molecular formula is C20H24Cl2N4O3S. The topological polar surface area (TPSA) is 82.1 Å². The van der Waals surface area contributed by atoms with Crippen LogP contribution >= 0.6 is 23.2 Å². The molecule has 0 spiro atoms. The van der Waals surface area contributed by atoms with Crippen molar-refractivity contribution in [2.45, 2.75) is 13.8 Å². The Hall–Kier alpha value is -2.29. The van der Waals surface area contributed by atoms with E-state index in [0.29, 0.717) is 5.02 Å². The Kier molecular flexibility index (Phi) is 8.52. The molecule has 0 aliphatic carbocycles. The van der Waals surface area contributed by atoms with Crippen LogP contribution in [0.1, 0.15) is 19.4 Å². The average molecular weight is 471 g/mol. The number of carbonyl (C=O) groups excluding carboxylic acids is 1. The van der Waals surface area contributed by atoms with Gasteiger partial charge >= 0.3 is 0 Å². The van der Waals surface area contributed by atoms with Crippen LogP contribution in [0.4, 0.5) is 11.4 Å². The number of hydrazone groups is 1. The summed E-state index contributed by atoms with van der Waals surface area (Å²) in [6, 6.07) is 12.1. The summed E-state index contributed by atoms with van der Waals surface area (Å²) < 4.78 is 25.2. The van der Waals surface area contributed by atoms with Crippen molar-refractivity contribution in [3.8, 4) is 0 Å². The van der Waals surface area contributed by atoms with E-state index in [1.807, 2.05) is 24.3 Å². The number of amides is 1. The number of nitrogens with one attached hydrogen (secondary N) is 1. The van der Waals surface area contributed by atoms with E-state index in [-0.39, 0.29) is 10.7 Å². The monoisotopic (exact) mass is 470 g/mol. The third-order valence-electron chi connectivity index (χ3n) is 4.29. The second-order valence-corrected chi connectivity index (χ2v) is 9.17. The van der Waals surface area contributed by atoms with Crippen LogP contribution in [0.3, 0.4) is 0 Å². The third-order valence-corrected chi connectivity index (χ3v) is 5.97. The number of benzene rings is 2. The summed E-state index contributed by atoms with van der Waals surface area (Å²) >= 11 is 12.0. The maximum absolute atomic E-state index is 12.3. The molecule has 1 amide bonds. The molecule has 7 nitrogen and oxygen atoms in total. The molecule has 2 rings (SSSR count). The molecule has 0 heterocycles. The van der Waals surface area contributed by atoms with E-state index in [1.54, 1.807) is 0 Å². The molecule has 0 saturated heterocycles. The Morgan fingerprint density at radius 3 is 2.30 bits per heavy atom. The maximum Gasteiger partial charge on any atom is 0.260 e. The fourth-order valence-electron chi connectivity index (χ4n) is 2.76. The number of rotatable bonds is 9. The molecule has 0 radical (unpaired) electrons. The fraction of sp³-hybridized carbons (Fsp3) is 0.300. The molecule has 0 aliphatic rings. The van der Waals surface area contributed by atoms with Gasteiger partial charge in [-0.3, -0.25) is 9.10 Å². The minimum atomic E-state index is -3.77. The van der Waals surface area contributed by atoms with Crippen LogP contribution in [0.25, 0.3) is 0 Å². The van der Waals surface area contributed by atoms with Crippen LogP contribution in [0.2, 0.25) is 10.0 Å². The smallest absolute Gasteiger partial charge is 0.260 e. The lowest BCUT2D eigenvalue weighted by Gasteiger charge is -2.22. The highest BCUT2D eigenvalue weighted by Gasteiger charge is 2.23. The summed E-state index contributed by atoms with van der Waals surface area (Å²) in [5, 5.41) is 4.37. The highest BCUT2D eigenvalue weighted by molar-refractivity contribution is 7.92. The van der Waals surface area contributed by atoms with E-state index in [9.17, 15) is 13.2 Å². The number of hydrogen-bond acceptors (Lipinski definition) is 5. The minimum absolute atomic E-state index is 0.123. The molecule has 0 unspecified atom stereocenters. The number of halogens is 2. The summed E-state index contributed by atoms with van der Waals surface area (Å²) in [7, 11) is -3.77. The van der Waals surface area contributed by atoms with E-state index in [4.69, 9.17) is 23.2 Å². The first-order chi connectivity index (χ1) is 14.2. The molecule has 0 fully saturated rings. The number of sulfonamides is 1. The molecule has 0 aliphatic heterocycles. The van der Waals surface area contributed by atoms with Gasteiger partial charge in [0.2, 0.25) is 10.0 Å². The summed E-state index contributed by atoms with van der Waals surface area (Å²) in [5.74, 6) is -0.618. The van der Waals surface area contributed by atoms with E-state index >= 15 is 0 Å². The van der Waals surface area contributed by atoms with Gasteiger partial charge in [-0.25, -0.2) is 13.8 Å². The lowest BCUT2D eigenvalue weighted by atomic mass is 10.2. The van der Waals surface area contributed by atoms with Crippen molar-refractivity contribution in [2.75, 3.05) is 35.1 Å². The zero-order valence-corrected chi connectivity index (χ0v) is 19.3. The average Bonchev–Trinajstić information content (AvgIpc) is 2.69. The Morgan fingerprint density at radius 1 is 1.10 bits per heavy atom. The second-order valence-electron chi connectivity index (χ2n) is 6.42. The van der Waals surface area contributed by atoms with Gasteiger partial charge in [0, 0.05) is 23.8 Å². The lowest BCUT2D eigenvalue weighted by Crippen LogP contribution is -2.39. The molecule has 0 bridgehead atoms. The number of anilines is 2. The van der Waals surface area contributed by atoms with Crippen molar-refractivity contribution < 1.29 is 13.2 Å².